The van der Waals surface area contributed by atoms with Crippen molar-refractivity contribution in [3.05, 3.63) is 95.0 Å². The van der Waals surface area contributed by atoms with E-state index in [9.17, 15) is 9.18 Å². The monoisotopic (exact) mass is 637 g/mol. The first-order valence-electron chi connectivity index (χ1n) is 15.5. The van der Waals surface area contributed by atoms with Gasteiger partial charge in [0.05, 0.1) is 54.7 Å². The molecule has 0 spiro atoms. The van der Waals surface area contributed by atoms with Crippen LogP contribution in [0.5, 0.6) is 5.88 Å². The first-order valence-corrected chi connectivity index (χ1v) is 15.5. The number of benzene rings is 2. The summed E-state index contributed by atoms with van der Waals surface area (Å²) in [5.74, 6) is 0.709. The van der Waals surface area contributed by atoms with Gasteiger partial charge in [0.15, 0.2) is 0 Å². The number of ether oxygens (including phenoxy) is 3. The predicted molar refractivity (Wildman–Crippen MR) is 172 cm³/mol. The second-order valence-electron chi connectivity index (χ2n) is 11.6. The third-order valence-electron chi connectivity index (χ3n) is 8.56. The summed E-state index contributed by atoms with van der Waals surface area (Å²) >= 11 is 0. The number of nitriles is 1. The number of halogens is 1. The van der Waals surface area contributed by atoms with E-state index in [4.69, 9.17) is 29.4 Å². The van der Waals surface area contributed by atoms with Crippen LogP contribution in [0.2, 0.25) is 0 Å². The number of carbonyl (C=O) groups excluding carboxylic acids is 1. The summed E-state index contributed by atoms with van der Waals surface area (Å²) in [5.41, 5.74) is 5.37. The number of hydrogen-bond donors (Lipinski definition) is 0. The summed E-state index contributed by atoms with van der Waals surface area (Å²) in [6.45, 7) is 3.44. The van der Waals surface area contributed by atoms with Gasteiger partial charge in [0.1, 0.15) is 18.2 Å². The number of carbonyl (C=O) groups is 1. The molecule has 0 atom stereocenters. The van der Waals surface area contributed by atoms with Crippen molar-refractivity contribution in [3.63, 3.8) is 0 Å². The molecular weight excluding hydrogens is 601 g/mol. The predicted octanol–water partition coefficient (Wildman–Crippen LogP) is 5.23. The van der Waals surface area contributed by atoms with Crippen molar-refractivity contribution in [3.8, 4) is 23.1 Å². The Morgan fingerprint density at radius 2 is 1.94 bits per heavy atom. The number of esters is 1. The number of likely N-dealkylation sites (tertiary alicyclic amines) is 1. The molecule has 1 saturated heterocycles. The van der Waals surface area contributed by atoms with Crippen LogP contribution in [-0.4, -0.2) is 69.1 Å². The minimum Gasteiger partial charge on any atom is -0.473 e. The van der Waals surface area contributed by atoms with Crippen molar-refractivity contribution in [2.45, 2.75) is 38.5 Å². The number of piperidine rings is 1. The summed E-state index contributed by atoms with van der Waals surface area (Å²) in [7, 11) is 4.91. The largest absolute Gasteiger partial charge is 0.473 e. The van der Waals surface area contributed by atoms with Crippen molar-refractivity contribution in [1.82, 2.24) is 29.2 Å². The molecule has 3 aromatic heterocycles. The van der Waals surface area contributed by atoms with Gasteiger partial charge in [-0.3, -0.25) is 9.58 Å². The van der Waals surface area contributed by atoms with Gasteiger partial charge in [-0.25, -0.2) is 19.2 Å². The van der Waals surface area contributed by atoms with Crippen LogP contribution in [0.3, 0.4) is 0 Å². The quantitative estimate of drug-likeness (QED) is 0.179. The van der Waals surface area contributed by atoms with E-state index in [1.807, 2.05) is 43.6 Å². The Kier molecular flexibility index (Phi) is 9.56. The normalized spacial score (nSPS) is 13.9. The topological polar surface area (TPSA) is 120 Å². The van der Waals surface area contributed by atoms with Gasteiger partial charge in [-0.1, -0.05) is 12.1 Å². The highest BCUT2D eigenvalue weighted by Gasteiger charge is 2.25. The average Bonchev–Trinajstić information content (AvgIpc) is 3.68. The Morgan fingerprint density at radius 3 is 2.64 bits per heavy atom. The fraction of sp³-hybridized carbons (Fsp3) is 0.343. The Labute approximate surface area is 272 Å². The van der Waals surface area contributed by atoms with Crippen molar-refractivity contribution in [2.24, 2.45) is 7.05 Å². The van der Waals surface area contributed by atoms with Crippen molar-refractivity contribution in [1.29, 1.82) is 5.26 Å². The van der Waals surface area contributed by atoms with E-state index in [2.05, 4.69) is 14.6 Å². The molecule has 2 aromatic carbocycles. The number of nitrogens with zero attached hydrogens (tertiary/aromatic N) is 7. The van der Waals surface area contributed by atoms with Crippen molar-refractivity contribution >= 4 is 17.0 Å². The highest BCUT2D eigenvalue weighted by Crippen LogP contribution is 2.33. The van der Waals surface area contributed by atoms with Crippen LogP contribution in [0.25, 0.3) is 22.2 Å². The standard InChI is InChI=1S/C35H36FN7O4/c1-41-20-27(19-38-41)28-16-26(35(44)46-3)17-31-34(28)40-32(43(31)13-14-45-2)21-42-11-9-24(10-12-42)30-5-4-6-33(39-30)47-22-25-8-7-23(18-37)15-29(25)36/h4-8,15-17,19-20,24H,9-14,21-22H2,1-3H3. The van der Waals surface area contributed by atoms with Gasteiger partial charge < -0.3 is 18.8 Å². The van der Waals surface area contributed by atoms with Crippen LogP contribution in [-0.2, 0) is 36.2 Å². The fourth-order valence-electron chi connectivity index (χ4n) is 6.05. The van der Waals surface area contributed by atoms with Crippen molar-refractivity contribution in [2.75, 3.05) is 33.9 Å². The molecule has 0 radical (unpaired) electrons. The third kappa shape index (κ3) is 7.01. The summed E-state index contributed by atoms with van der Waals surface area (Å²) in [6, 6.07) is 15.7. The first kappa shape index (κ1) is 31.8. The Morgan fingerprint density at radius 1 is 1.11 bits per heavy atom. The Hall–Kier alpha value is -5.12. The summed E-state index contributed by atoms with van der Waals surface area (Å²) < 4.78 is 34.5. The number of aryl methyl sites for hydroxylation is 1. The van der Waals surface area contributed by atoms with Gasteiger partial charge in [0.2, 0.25) is 5.88 Å². The molecule has 1 aliphatic heterocycles. The van der Waals surface area contributed by atoms with E-state index in [-0.39, 0.29) is 18.1 Å². The number of imidazole rings is 1. The number of methoxy groups -OCH3 is 2. The molecule has 0 unspecified atom stereocenters. The van der Waals surface area contributed by atoms with Crippen LogP contribution < -0.4 is 4.74 Å². The lowest BCUT2D eigenvalue weighted by molar-refractivity contribution is 0.0601. The van der Waals surface area contributed by atoms with Crippen LogP contribution in [0.1, 0.15) is 51.8 Å². The molecule has 5 aromatic rings. The summed E-state index contributed by atoms with van der Waals surface area (Å²) in [5, 5.41) is 13.3. The molecule has 0 N–H and O–H groups in total. The van der Waals surface area contributed by atoms with Gasteiger partial charge in [-0.05, 0) is 56.3 Å². The molecule has 0 bridgehead atoms. The van der Waals surface area contributed by atoms with E-state index in [0.717, 1.165) is 59.6 Å². The second-order valence-corrected chi connectivity index (χ2v) is 11.6. The third-order valence-corrected chi connectivity index (χ3v) is 8.56. The first-order chi connectivity index (χ1) is 22.9. The van der Waals surface area contributed by atoms with Crippen LogP contribution in [0.4, 0.5) is 4.39 Å². The average molecular weight is 638 g/mol. The molecule has 0 amide bonds. The lowest BCUT2D eigenvalue weighted by atomic mass is 9.93. The van der Waals surface area contributed by atoms with Crippen LogP contribution in [0, 0.1) is 17.1 Å². The molecule has 12 heteroatoms. The lowest BCUT2D eigenvalue weighted by Gasteiger charge is -2.31. The summed E-state index contributed by atoms with van der Waals surface area (Å²) in [6.07, 6.45) is 5.50. The van der Waals surface area contributed by atoms with E-state index in [1.165, 1.54) is 13.2 Å². The number of aromatic nitrogens is 5. The van der Waals surface area contributed by atoms with Gasteiger partial charge in [0, 0.05) is 61.3 Å². The molecular formula is C35H36FN7O4. The van der Waals surface area contributed by atoms with Gasteiger partial charge >= 0.3 is 5.97 Å². The van der Waals surface area contributed by atoms with Gasteiger partial charge in [-0.2, -0.15) is 10.4 Å². The number of pyridine rings is 1. The molecule has 0 aliphatic carbocycles. The highest BCUT2D eigenvalue weighted by molar-refractivity contribution is 6.00. The highest BCUT2D eigenvalue weighted by atomic mass is 19.1. The number of rotatable bonds is 11. The Bertz CT molecular complexity index is 1940. The molecule has 11 nitrogen and oxygen atoms in total. The molecule has 47 heavy (non-hydrogen) atoms. The van der Waals surface area contributed by atoms with Gasteiger partial charge in [0.25, 0.3) is 0 Å². The smallest absolute Gasteiger partial charge is 0.337 e. The van der Waals surface area contributed by atoms with E-state index < -0.39 is 11.8 Å². The SMILES string of the molecule is COCCn1c(CN2CCC(c3cccc(OCc4ccc(C#N)cc4F)n3)CC2)nc2c(-c3cnn(C)c3)cc(C(=O)OC)cc21. The zero-order chi connectivity index (χ0) is 32.9. The van der Waals surface area contributed by atoms with Crippen LogP contribution >= 0.6 is 0 Å². The number of hydrogen-bond acceptors (Lipinski definition) is 9. The molecule has 6 rings (SSSR count). The zero-order valence-electron chi connectivity index (χ0n) is 26.6. The molecule has 1 aliphatic rings. The summed E-state index contributed by atoms with van der Waals surface area (Å²) in [4.78, 5) is 24.9. The minimum absolute atomic E-state index is 0.0279. The number of fused-ring (bicyclic) bond motifs is 1. The van der Waals surface area contributed by atoms with E-state index in [1.54, 1.807) is 36.2 Å². The molecule has 0 saturated carbocycles. The van der Waals surface area contributed by atoms with Crippen molar-refractivity contribution < 1.29 is 23.4 Å². The van der Waals surface area contributed by atoms with Crippen LogP contribution in [0.15, 0.2) is 60.9 Å². The maximum atomic E-state index is 14.3. The molecule has 4 heterocycles. The lowest BCUT2D eigenvalue weighted by Crippen LogP contribution is -2.33. The Balaban J connectivity index is 1.18. The molecule has 1 fully saturated rings. The van der Waals surface area contributed by atoms with E-state index in [0.29, 0.717) is 36.7 Å². The fourth-order valence-corrected chi connectivity index (χ4v) is 6.05. The van der Waals surface area contributed by atoms with Gasteiger partial charge in [-0.15, -0.1) is 0 Å². The zero-order valence-corrected chi connectivity index (χ0v) is 26.6. The maximum absolute atomic E-state index is 14.3. The molecule has 242 valence electrons. The second kappa shape index (κ2) is 14.1. The maximum Gasteiger partial charge on any atom is 0.337 e. The van der Waals surface area contributed by atoms with E-state index >= 15 is 0 Å². The minimum atomic E-state index is -0.472.